The second-order valence-electron chi connectivity index (χ2n) is 3.80. The first-order valence-electron chi connectivity index (χ1n) is 5.22. The zero-order chi connectivity index (χ0) is 11.3. The summed E-state index contributed by atoms with van der Waals surface area (Å²) in [6.45, 7) is 3.63. The van der Waals surface area contributed by atoms with Gasteiger partial charge < -0.3 is 9.84 Å². The van der Waals surface area contributed by atoms with Gasteiger partial charge in [0.25, 0.3) is 0 Å². The van der Waals surface area contributed by atoms with Crippen LogP contribution in [0.2, 0.25) is 0 Å². The maximum Gasteiger partial charge on any atom is 0.321 e. The average Bonchev–Trinajstić information content (AvgIpc) is 2.25. The van der Waals surface area contributed by atoms with Gasteiger partial charge in [0.05, 0.1) is 0 Å². The third kappa shape index (κ3) is 3.66. The van der Waals surface area contributed by atoms with Crippen LogP contribution in [0.15, 0.2) is 0 Å². The van der Waals surface area contributed by atoms with Crippen LogP contribution in [0.5, 0.6) is 0 Å². The molecule has 0 radical (unpaired) electrons. The third-order valence-electron chi connectivity index (χ3n) is 2.76. The van der Waals surface area contributed by atoms with E-state index in [1.165, 1.54) is 0 Å². The van der Waals surface area contributed by atoms with Gasteiger partial charge in [0.1, 0.15) is 6.04 Å². The van der Waals surface area contributed by atoms with Gasteiger partial charge in [-0.2, -0.15) is 11.8 Å². The molecule has 1 aliphatic rings. The number of hydrogen-bond acceptors (Lipinski definition) is 4. The van der Waals surface area contributed by atoms with E-state index in [1.54, 1.807) is 18.9 Å². The van der Waals surface area contributed by atoms with Crippen molar-refractivity contribution in [2.24, 2.45) is 0 Å². The Bertz CT molecular complexity index is 213. The highest BCUT2D eigenvalue weighted by atomic mass is 32.2. The summed E-state index contributed by atoms with van der Waals surface area (Å²) in [6.07, 6.45) is 0.894. The lowest BCUT2D eigenvalue weighted by atomic mass is 10.1. The van der Waals surface area contributed by atoms with Crippen LogP contribution in [0.4, 0.5) is 0 Å². The highest BCUT2D eigenvalue weighted by Crippen LogP contribution is 2.20. The molecule has 0 aromatic heterocycles. The van der Waals surface area contributed by atoms with E-state index in [0.29, 0.717) is 12.4 Å². The Labute approximate surface area is 95.0 Å². The summed E-state index contributed by atoms with van der Waals surface area (Å²) in [6, 6.07) is -0.0393. The molecule has 1 fully saturated rings. The molecule has 0 aromatic carbocycles. The number of rotatable bonds is 5. The van der Waals surface area contributed by atoms with Gasteiger partial charge in [-0.25, -0.2) is 0 Å². The molecular weight excluding hydrogens is 214 g/mol. The van der Waals surface area contributed by atoms with Crippen LogP contribution < -0.4 is 0 Å². The molecule has 4 nitrogen and oxygen atoms in total. The fourth-order valence-electron chi connectivity index (χ4n) is 1.81. The number of hydrogen-bond donors (Lipinski definition) is 1. The standard InChI is InChI=1S/C10H19NO3S/c1-8(3-5-14-2)11-4-6-15-7-9(11)10(12)13/h8-9H,3-7H2,1-2H3,(H,12,13). The molecule has 0 saturated carbocycles. The molecule has 0 aromatic rings. The van der Waals surface area contributed by atoms with Crippen molar-refractivity contribution in [2.45, 2.75) is 25.4 Å². The fourth-order valence-corrected chi connectivity index (χ4v) is 2.88. The predicted octanol–water partition coefficient (Wildman–Crippen LogP) is 0.913. The van der Waals surface area contributed by atoms with Gasteiger partial charge >= 0.3 is 5.97 Å². The van der Waals surface area contributed by atoms with E-state index in [0.717, 1.165) is 18.7 Å². The van der Waals surface area contributed by atoms with Crippen LogP contribution >= 0.6 is 11.8 Å². The average molecular weight is 233 g/mol. The lowest BCUT2D eigenvalue weighted by Gasteiger charge is -2.37. The van der Waals surface area contributed by atoms with Gasteiger partial charge in [-0.3, -0.25) is 9.69 Å². The highest BCUT2D eigenvalue weighted by molar-refractivity contribution is 7.99. The predicted molar refractivity (Wildman–Crippen MR) is 61.4 cm³/mol. The molecule has 1 N–H and O–H groups in total. The molecule has 0 amide bonds. The lowest BCUT2D eigenvalue weighted by Crippen LogP contribution is -2.51. The fraction of sp³-hybridized carbons (Fsp3) is 0.900. The molecule has 0 spiro atoms. The Morgan fingerprint density at radius 2 is 2.47 bits per heavy atom. The number of carboxylic acids is 1. The summed E-state index contributed by atoms with van der Waals surface area (Å²) in [7, 11) is 1.67. The summed E-state index contributed by atoms with van der Waals surface area (Å²) in [4.78, 5) is 13.1. The molecule has 88 valence electrons. The largest absolute Gasteiger partial charge is 0.480 e. The number of aliphatic carboxylic acids is 1. The van der Waals surface area contributed by atoms with Crippen LogP contribution in [-0.2, 0) is 9.53 Å². The molecule has 0 aliphatic carbocycles. The molecule has 5 heteroatoms. The number of nitrogens with zero attached hydrogens (tertiary/aromatic N) is 1. The SMILES string of the molecule is COCCC(C)N1CCSCC1C(=O)O. The number of thioether (sulfide) groups is 1. The van der Waals surface area contributed by atoms with Crippen molar-refractivity contribution < 1.29 is 14.6 Å². The van der Waals surface area contributed by atoms with Crippen molar-refractivity contribution in [1.82, 2.24) is 4.90 Å². The molecule has 1 rings (SSSR count). The Hall–Kier alpha value is -0.260. The van der Waals surface area contributed by atoms with E-state index in [2.05, 4.69) is 11.8 Å². The monoisotopic (exact) mass is 233 g/mol. The first kappa shape index (κ1) is 12.8. The lowest BCUT2D eigenvalue weighted by molar-refractivity contribution is -0.143. The smallest absolute Gasteiger partial charge is 0.321 e. The number of methoxy groups -OCH3 is 1. The topological polar surface area (TPSA) is 49.8 Å². The van der Waals surface area contributed by atoms with Crippen LogP contribution in [-0.4, -0.2) is 59.8 Å². The molecule has 2 atom stereocenters. The zero-order valence-electron chi connectivity index (χ0n) is 9.31. The second kappa shape index (κ2) is 6.35. The van der Waals surface area contributed by atoms with E-state index in [-0.39, 0.29) is 12.1 Å². The molecule has 1 aliphatic heterocycles. The molecular formula is C10H19NO3S. The van der Waals surface area contributed by atoms with Crippen LogP contribution in [0, 0.1) is 0 Å². The second-order valence-corrected chi connectivity index (χ2v) is 4.95. The number of ether oxygens (including phenoxy) is 1. The van der Waals surface area contributed by atoms with Crippen LogP contribution in [0.25, 0.3) is 0 Å². The first-order chi connectivity index (χ1) is 7.16. The van der Waals surface area contributed by atoms with Crippen molar-refractivity contribution in [3.63, 3.8) is 0 Å². The van der Waals surface area contributed by atoms with Gasteiger partial charge in [-0.1, -0.05) is 0 Å². The Balaban J connectivity index is 2.51. The third-order valence-corrected chi connectivity index (χ3v) is 3.78. The van der Waals surface area contributed by atoms with Crippen molar-refractivity contribution in [3.8, 4) is 0 Å². The molecule has 1 heterocycles. The summed E-state index contributed by atoms with van der Waals surface area (Å²) < 4.78 is 5.02. The Kier molecular flexibility index (Phi) is 5.42. The summed E-state index contributed by atoms with van der Waals surface area (Å²) in [5.41, 5.74) is 0. The summed E-state index contributed by atoms with van der Waals surface area (Å²) >= 11 is 1.72. The number of carbonyl (C=O) groups is 1. The normalized spacial score (nSPS) is 25.1. The van der Waals surface area contributed by atoms with E-state index in [4.69, 9.17) is 9.84 Å². The molecule has 2 unspecified atom stereocenters. The molecule has 0 bridgehead atoms. The molecule has 1 saturated heterocycles. The van der Waals surface area contributed by atoms with Gasteiger partial charge in [-0.15, -0.1) is 0 Å². The van der Waals surface area contributed by atoms with E-state index in [9.17, 15) is 4.79 Å². The minimum absolute atomic E-state index is 0.284. The first-order valence-corrected chi connectivity index (χ1v) is 6.37. The van der Waals surface area contributed by atoms with Gasteiger partial charge in [0.2, 0.25) is 0 Å². The maximum absolute atomic E-state index is 11.1. The van der Waals surface area contributed by atoms with Gasteiger partial charge in [0.15, 0.2) is 0 Å². The molecule has 15 heavy (non-hydrogen) atoms. The van der Waals surface area contributed by atoms with Crippen molar-refractivity contribution in [1.29, 1.82) is 0 Å². The van der Waals surface area contributed by atoms with E-state index in [1.807, 2.05) is 0 Å². The van der Waals surface area contributed by atoms with Crippen LogP contribution in [0.1, 0.15) is 13.3 Å². The van der Waals surface area contributed by atoms with E-state index < -0.39 is 5.97 Å². The van der Waals surface area contributed by atoms with Crippen molar-refractivity contribution in [3.05, 3.63) is 0 Å². The minimum Gasteiger partial charge on any atom is -0.480 e. The maximum atomic E-state index is 11.1. The van der Waals surface area contributed by atoms with Gasteiger partial charge in [0, 0.05) is 37.8 Å². The Morgan fingerprint density at radius 3 is 3.07 bits per heavy atom. The van der Waals surface area contributed by atoms with E-state index >= 15 is 0 Å². The van der Waals surface area contributed by atoms with Gasteiger partial charge in [-0.05, 0) is 13.3 Å². The number of carboxylic acid groups (broad SMARTS) is 1. The zero-order valence-corrected chi connectivity index (χ0v) is 10.1. The van der Waals surface area contributed by atoms with Crippen molar-refractivity contribution >= 4 is 17.7 Å². The summed E-state index contributed by atoms with van der Waals surface area (Å²) in [5.74, 6) is 1.03. The Morgan fingerprint density at radius 1 is 1.73 bits per heavy atom. The van der Waals surface area contributed by atoms with Crippen LogP contribution in [0.3, 0.4) is 0 Å². The minimum atomic E-state index is -0.702. The quantitative estimate of drug-likeness (QED) is 0.765. The summed E-state index contributed by atoms with van der Waals surface area (Å²) in [5, 5.41) is 9.10. The highest BCUT2D eigenvalue weighted by Gasteiger charge is 2.31. The van der Waals surface area contributed by atoms with Crippen molar-refractivity contribution in [2.75, 3.05) is 31.8 Å².